The molecule has 0 radical (unpaired) electrons. The van der Waals surface area contributed by atoms with E-state index in [1.807, 2.05) is 19.9 Å². The Bertz CT molecular complexity index is 654. The second-order valence-electron chi connectivity index (χ2n) is 6.53. The van der Waals surface area contributed by atoms with Crippen LogP contribution >= 0.6 is 24.0 Å². The summed E-state index contributed by atoms with van der Waals surface area (Å²) in [6.45, 7) is 6.20. The predicted molar refractivity (Wildman–Crippen MR) is 119 cm³/mol. The minimum absolute atomic E-state index is 0. The second-order valence-corrected chi connectivity index (χ2v) is 6.53. The van der Waals surface area contributed by atoms with Gasteiger partial charge < -0.3 is 19.7 Å². The number of alkyl halides is 2. The minimum atomic E-state index is -2.50. The Morgan fingerprint density at radius 3 is 2.66 bits per heavy atom. The van der Waals surface area contributed by atoms with Crippen molar-refractivity contribution < 1.29 is 23.0 Å². The molecule has 0 atom stereocenters. The molecule has 0 aliphatic carbocycles. The van der Waals surface area contributed by atoms with Crippen molar-refractivity contribution >= 4 is 35.9 Å². The summed E-state index contributed by atoms with van der Waals surface area (Å²) in [4.78, 5) is 18.7. The summed E-state index contributed by atoms with van der Waals surface area (Å²) in [5.41, 5.74) is 0.878. The van der Waals surface area contributed by atoms with Crippen molar-refractivity contribution in [3.63, 3.8) is 0 Å². The number of benzene rings is 1. The Morgan fingerprint density at radius 1 is 1.31 bits per heavy atom. The number of esters is 1. The van der Waals surface area contributed by atoms with Gasteiger partial charge in [-0.3, -0.25) is 4.79 Å². The first-order chi connectivity index (χ1) is 13.5. The number of carbonyl (C=O) groups is 1. The highest BCUT2D eigenvalue weighted by Crippen LogP contribution is 2.19. The molecule has 0 saturated carbocycles. The lowest BCUT2D eigenvalue weighted by Gasteiger charge is -2.33. The third kappa shape index (κ3) is 8.71. The number of aliphatic imine (C=N–C) groups is 1. The van der Waals surface area contributed by atoms with Crippen molar-refractivity contribution in [2.45, 2.75) is 39.7 Å². The van der Waals surface area contributed by atoms with E-state index >= 15 is 0 Å². The molecule has 164 valence electrons. The average molecular weight is 525 g/mol. The highest BCUT2D eigenvalue weighted by molar-refractivity contribution is 14.0. The molecule has 2 rings (SSSR count). The first kappa shape index (κ1) is 25.4. The van der Waals surface area contributed by atoms with Crippen LogP contribution in [0.25, 0.3) is 0 Å². The summed E-state index contributed by atoms with van der Waals surface area (Å²) in [5.74, 6) is 1.02. The molecule has 6 nitrogen and oxygen atoms in total. The Labute approximate surface area is 188 Å². The lowest BCUT2D eigenvalue weighted by atomic mass is 9.97. The van der Waals surface area contributed by atoms with Gasteiger partial charge in [-0.05, 0) is 44.4 Å². The monoisotopic (exact) mass is 525 g/mol. The van der Waals surface area contributed by atoms with Crippen molar-refractivity contribution in [2.24, 2.45) is 10.9 Å². The number of rotatable bonds is 8. The van der Waals surface area contributed by atoms with E-state index < -0.39 is 13.0 Å². The van der Waals surface area contributed by atoms with Gasteiger partial charge in [0.2, 0.25) is 0 Å². The maximum absolute atomic E-state index is 12.3. The van der Waals surface area contributed by atoms with Crippen molar-refractivity contribution in [2.75, 3.05) is 32.8 Å². The Balaban J connectivity index is 0.00000420. The normalized spacial score (nSPS) is 15.1. The fourth-order valence-electron chi connectivity index (χ4n) is 3.07. The molecular weight excluding hydrogens is 495 g/mol. The number of hydrogen-bond donors (Lipinski definition) is 1. The Kier molecular flexibility index (Phi) is 11.9. The van der Waals surface area contributed by atoms with Crippen molar-refractivity contribution in [1.29, 1.82) is 0 Å². The molecular formula is C20H30F2IN3O3. The number of nitrogens with zero attached hydrogens (tertiary/aromatic N) is 2. The molecule has 1 fully saturated rings. The third-order valence-electron chi connectivity index (χ3n) is 4.44. The van der Waals surface area contributed by atoms with Crippen LogP contribution in [0.5, 0.6) is 5.75 Å². The molecule has 0 unspecified atom stereocenters. The molecule has 0 amide bonds. The zero-order valence-corrected chi connectivity index (χ0v) is 19.2. The van der Waals surface area contributed by atoms with Gasteiger partial charge in [0, 0.05) is 19.6 Å². The van der Waals surface area contributed by atoms with E-state index in [-0.39, 0.29) is 35.9 Å². The summed E-state index contributed by atoms with van der Waals surface area (Å²) in [5, 5.41) is 3.28. The molecule has 1 N–H and O–H groups in total. The SMILES string of the molecule is CCNC(=NCc1cccc(OCC(F)F)c1)N1CCC(C(=O)OCC)CC1.I. The molecule has 1 heterocycles. The number of likely N-dealkylation sites (tertiary alicyclic amines) is 1. The van der Waals surface area contributed by atoms with E-state index in [1.54, 1.807) is 18.2 Å². The number of piperidine rings is 1. The van der Waals surface area contributed by atoms with Gasteiger partial charge in [0.05, 0.1) is 19.1 Å². The van der Waals surface area contributed by atoms with E-state index in [0.717, 1.165) is 44.0 Å². The molecule has 1 aliphatic heterocycles. The average Bonchev–Trinajstić information content (AvgIpc) is 2.70. The molecule has 1 aliphatic rings. The fourth-order valence-corrected chi connectivity index (χ4v) is 3.07. The van der Waals surface area contributed by atoms with Crippen LogP contribution in [0.4, 0.5) is 8.78 Å². The third-order valence-corrected chi connectivity index (χ3v) is 4.44. The van der Waals surface area contributed by atoms with Crippen LogP contribution < -0.4 is 10.1 Å². The highest BCUT2D eigenvalue weighted by atomic mass is 127. The first-order valence-corrected chi connectivity index (χ1v) is 9.73. The van der Waals surface area contributed by atoms with Crippen LogP contribution in [-0.4, -0.2) is 56.1 Å². The maximum atomic E-state index is 12.3. The molecule has 0 spiro atoms. The van der Waals surface area contributed by atoms with Gasteiger partial charge >= 0.3 is 5.97 Å². The van der Waals surface area contributed by atoms with Gasteiger partial charge in [-0.15, -0.1) is 24.0 Å². The van der Waals surface area contributed by atoms with E-state index in [0.29, 0.717) is 18.9 Å². The summed E-state index contributed by atoms with van der Waals surface area (Å²) >= 11 is 0. The van der Waals surface area contributed by atoms with Gasteiger partial charge in [0.1, 0.15) is 12.4 Å². The van der Waals surface area contributed by atoms with Crippen LogP contribution in [-0.2, 0) is 16.1 Å². The van der Waals surface area contributed by atoms with Gasteiger partial charge in [-0.2, -0.15) is 0 Å². The van der Waals surface area contributed by atoms with Crippen molar-refractivity contribution in [3.8, 4) is 5.75 Å². The quantitative estimate of drug-likeness (QED) is 0.243. The Morgan fingerprint density at radius 2 is 2.03 bits per heavy atom. The molecule has 0 bridgehead atoms. The van der Waals surface area contributed by atoms with Crippen LogP contribution in [0.1, 0.15) is 32.3 Å². The lowest BCUT2D eigenvalue weighted by Crippen LogP contribution is -2.46. The number of nitrogens with one attached hydrogen (secondary N) is 1. The number of hydrogen-bond acceptors (Lipinski definition) is 4. The molecule has 0 aromatic heterocycles. The maximum Gasteiger partial charge on any atom is 0.309 e. The van der Waals surface area contributed by atoms with E-state index in [9.17, 15) is 13.6 Å². The summed E-state index contributed by atoms with van der Waals surface area (Å²) < 4.78 is 34.8. The summed E-state index contributed by atoms with van der Waals surface area (Å²) in [7, 11) is 0. The molecule has 1 saturated heterocycles. The number of guanidine groups is 1. The largest absolute Gasteiger partial charge is 0.488 e. The van der Waals surface area contributed by atoms with Crippen LogP contribution in [0.15, 0.2) is 29.3 Å². The number of halogens is 3. The molecule has 9 heteroatoms. The second kappa shape index (κ2) is 13.6. The fraction of sp³-hybridized carbons (Fsp3) is 0.600. The number of ether oxygens (including phenoxy) is 2. The van der Waals surface area contributed by atoms with E-state index in [4.69, 9.17) is 9.47 Å². The van der Waals surface area contributed by atoms with Gasteiger partial charge in [0.15, 0.2) is 5.96 Å². The van der Waals surface area contributed by atoms with E-state index in [1.165, 1.54) is 0 Å². The molecule has 29 heavy (non-hydrogen) atoms. The predicted octanol–water partition coefficient (Wildman–Crippen LogP) is 3.69. The first-order valence-electron chi connectivity index (χ1n) is 9.73. The van der Waals surface area contributed by atoms with Crippen molar-refractivity contribution in [1.82, 2.24) is 10.2 Å². The van der Waals surface area contributed by atoms with Gasteiger partial charge in [-0.1, -0.05) is 12.1 Å². The smallest absolute Gasteiger partial charge is 0.309 e. The molecule has 1 aromatic rings. The standard InChI is InChI=1S/C20H29F2N3O3.HI/c1-3-23-20(25-10-8-16(9-11-25)19(26)27-4-2)24-13-15-6-5-7-17(12-15)28-14-18(21)22;/h5-7,12,16,18H,3-4,8-11,13-14H2,1-2H3,(H,23,24);1H. The highest BCUT2D eigenvalue weighted by Gasteiger charge is 2.27. The van der Waals surface area contributed by atoms with Gasteiger partial charge in [-0.25, -0.2) is 13.8 Å². The van der Waals surface area contributed by atoms with Crippen LogP contribution in [0.2, 0.25) is 0 Å². The Hall–Kier alpha value is -1.65. The number of carbonyl (C=O) groups excluding carboxylic acids is 1. The summed E-state index contributed by atoms with van der Waals surface area (Å²) in [6.07, 6.45) is -1.03. The zero-order chi connectivity index (χ0) is 20.4. The minimum Gasteiger partial charge on any atom is -0.488 e. The van der Waals surface area contributed by atoms with E-state index in [2.05, 4.69) is 15.2 Å². The summed E-state index contributed by atoms with van der Waals surface area (Å²) in [6, 6.07) is 7.03. The zero-order valence-electron chi connectivity index (χ0n) is 16.9. The molecule has 1 aromatic carbocycles. The topological polar surface area (TPSA) is 63.2 Å². The van der Waals surface area contributed by atoms with Crippen molar-refractivity contribution in [3.05, 3.63) is 29.8 Å². The van der Waals surface area contributed by atoms with Crippen LogP contribution in [0, 0.1) is 5.92 Å². The van der Waals surface area contributed by atoms with Gasteiger partial charge in [0.25, 0.3) is 6.43 Å². The van der Waals surface area contributed by atoms with Crippen LogP contribution in [0.3, 0.4) is 0 Å². The lowest BCUT2D eigenvalue weighted by molar-refractivity contribution is -0.149.